The van der Waals surface area contributed by atoms with Gasteiger partial charge in [0.1, 0.15) is 5.75 Å². The highest BCUT2D eigenvalue weighted by Gasteiger charge is 2.19. The first kappa shape index (κ1) is 15.1. The molecular weight excluding hydrogens is 321 g/mol. The molecular formula is C13H7Cl2NO5. The molecule has 0 bridgehead atoms. The van der Waals surface area contributed by atoms with Crippen molar-refractivity contribution in [3.05, 3.63) is 62.1 Å². The third-order valence-electron chi connectivity index (χ3n) is 2.47. The number of ether oxygens (including phenoxy) is 1. The van der Waals surface area contributed by atoms with Gasteiger partial charge in [-0.05, 0) is 24.3 Å². The van der Waals surface area contributed by atoms with Crippen LogP contribution < -0.4 is 4.74 Å². The number of hydrogen-bond donors (Lipinski definition) is 1. The Hall–Kier alpha value is -2.31. The number of rotatable bonds is 4. The third kappa shape index (κ3) is 3.62. The average molecular weight is 328 g/mol. The number of nitrogens with zero attached hydrogens (tertiary/aromatic N) is 1. The molecule has 0 aromatic heterocycles. The van der Waals surface area contributed by atoms with E-state index in [9.17, 15) is 14.9 Å². The fourth-order valence-corrected chi connectivity index (χ4v) is 2.10. The number of carbonyl (C=O) groups is 1. The summed E-state index contributed by atoms with van der Waals surface area (Å²) in [6, 6.07) is 7.53. The molecule has 2 aromatic carbocycles. The second-order valence-corrected chi connectivity index (χ2v) is 4.82. The molecule has 0 atom stereocenters. The predicted molar refractivity (Wildman–Crippen MR) is 76.6 cm³/mol. The van der Waals surface area contributed by atoms with Crippen LogP contribution in [-0.4, -0.2) is 16.0 Å². The van der Waals surface area contributed by atoms with Gasteiger partial charge in [0.05, 0.1) is 10.5 Å². The van der Waals surface area contributed by atoms with Crippen LogP contribution in [-0.2, 0) is 0 Å². The zero-order valence-electron chi connectivity index (χ0n) is 10.2. The van der Waals surface area contributed by atoms with Crippen LogP contribution in [0.25, 0.3) is 0 Å². The number of aromatic carboxylic acids is 1. The lowest BCUT2D eigenvalue weighted by Crippen LogP contribution is -1.99. The summed E-state index contributed by atoms with van der Waals surface area (Å²) in [5, 5.41) is 20.5. The summed E-state index contributed by atoms with van der Waals surface area (Å²) in [5.74, 6) is -1.27. The number of nitro benzene ring substituents is 1. The summed E-state index contributed by atoms with van der Waals surface area (Å²) in [7, 11) is 0. The number of carboxylic acids is 1. The molecule has 2 aromatic rings. The number of benzene rings is 2. The Labute approximate surface area is 128 Å². The van der Waals surface area contributed by atoms with Gasteiger partial charge in [-0.2, -0.15) is 0 Å². The largest absolute Gasteiger partial charge is 0.478 e. The van der Waals surface area contributed by atoms with E-state index in [0.29, 0.717) is 0 Å². The van der Waals surface area contributed by atoms with Crippen LogP contribution in [0.2, 0.25) is 10.0 Å². The molecule has 21 heavy (non-hydrogen) atoms. The maximum Gasteiger partial charge on any atom is 0.335 e. The minimum Gasteiger partial charge on any atom is -0.478 e. The van der Waals surface area contributed by atoms with E-state index in [2.05, 4.69) is 0 Å². The van der Waals surface area contributed by atoms with Crippen LogP contribution in [0.15, 0.2) is 36.4 Å². The van der Waals surface area contributed by atoms with Gasteiger partial charge in [0.2, 0.25) is 5.75 Å². The van der Waals surface area contributed by atoms with Crippen LogP contribution in [0.4, 0.5) is 5.69 Å². The molecule has 6 nitrogen and oxygen atoms in total. The van der Waals surface area contributed by atoms with Gasteiger partial charge in [-0.25, -0.2) is 4.79 Å². The number of nitro groups is 1. The van der Waals surface area contributed by atoms with Gasteiger partial charge in [0.15, 0.2) is 0 Å². The summed E-state index contributed by atoms with van der Waals surface area (Å²) in [5.41, 5.74) is -0.500. The molecule has 108 valence electrons. The SMILES string of the molecule is O=C(O)c1ccc([N+](=O)[O-])c(Oc2cc(Cl)cc(Cl)c2)c1. The molecule has 0 spiro atoms. The molecule has 0 heterocycles. The minimum atomic E-state index is -1.22. The lowest BCUT2D eigenvalue weighted by Gasteiger charge is -2.08. The first-order valence-electron chi connectivity index (χ1n) is 5.52. The first-order chi connectivity index (χ1) is 9.86. The second-order valence-electron chi connectivity index (χ2n) is 3.95. The summed E-state index contributed by atoms with van der Waals surface area (Å²) in [4.78, 5) is 21.2. The van der Waals surface area contributed by atoms with Gasteiger partial charge in [-0.15, -0.1) is 0 Å². The number of halogens is 2. The third-order valence-corrected chi connectivity index (χ3v) is 2.90. The van der Waals surface area contributed by atoms with Crippen molar-refractivity contribution in [1.82, 2.24) is 0 Å². The predicted octanol–water partition coefficient (Wildman–Crippen LogP) is 4.39. The van der Waals surface area contributed by atoms with E-state index in [1.807, 2.05) is 0 Å². The smallest absolute Gasteiger partial charge is 0.335 e. The van der Waals surface area contributed by atoms with Gasteiger partial charge in [0, 0.05) is 22.2 Å². The van der Waals surface area contributed by atoms with Gasteiger partial charge in [0.25, 0.3) is 0 Å². The molecule has 0 saturated carbocycles. The van der Waals surface area contributed by atoms with E-state index >= 15 is 0 Å². The Bertz CT molecular complexity index is 712. The van der Waals surface area contributed by atoms with E-state index in [0.717, 1.165) is 18.2 Å². The van der Waals surface area contributed by atoms with E-state index in [-0.39, 0.29) is 32.8 Å². The average Bonchev–Trinajstić information content (AvgIpc) is 2.36. The highest BCUT2D eigenvalue weighted by atomic mass is 35.5. The fourth-order valence-electron chi connectivity index (χ4n) is 1.59. The van der Waals surface area contributed by atoms with Crippen molar-refractivity contribution in [3.63, 3.8) is 0 Å². The molecule has 0 aliphatic carbocycles. The van der Waals surface area contributed by atoms with Crippen molar-refractivity contribution in [3.8, 4) is 11.5 Å². The van der Waals surface area contributed by atoms with Crippen LogP contribution in [0.5, 0.6) is 11.5 Å². The van der Waals surface area contributed by atoms with E-state index in [4.69, 9.17) is 33.0 Å². The summed E-state index contributed by atoms with van der Waals surface area (Å²) < 4.78 is 5.35. The van der Waals surface area contributed by atoms with E-state index < -0.39 is 10.9 Å². The normalized spacial score (nSPS) is 10.2. The maximum absolute atomic E-state index is 11.0. The number of carboxylic acid groups (broad SMARTS) is 1. The van der Waals surface area contributed by atoms with E-state index in [1.54, 1.807) is 0 Å². The van der Waals surface area contributed by atoms with Gasteiger partial charge >= 0.3 is 11.7 Å². The molecule has 0 aliphatic rings. The van der Waals surface area contributed by atoms with Gasteiger partial charge in [-0.3, -0.25) is 10.1 Å². The lowest BCUT2D eigenvalue weighted by atomic mass is 10.2. The summed E-state index contributed by atoms with van der Waals surface area (Å²) in [6.07, 6.45) is 0. The Balaban J connectivity index is 2.47. The van der Waals surface area contributed by atoms with Crippen molar-refractivity contribution in [2.75, 3.05) is 0 Å². The zero-order valence-corrected chi connectivity index (χ0v) is 11.8. The Kier molecular flexibility index (Phi) is 4.30. The Morgan fingerprint density at radius 2 is 1.76 bits per heavy atom. The number of hydrogen-bond acceptors (Lipinski definition) is 4. The molecule has 2 rings (SSSR count). The minimum absolute atomic E-state index is 0.135. The lowest BCUT2D eigenvalue weighted by molar-refractivity contribution is -0.385. The highest BCUT2D eigenvalue weighted by molar-refractivity contribution is 6.34. The Morgan fingerprint density at radius 3 is 2.29 bits per heavy atom. The molecule has 0 unspecified atom stereocenters. The second kappa shape index (κ2) is 5.99. The van der Waals surface area contributed by atoms with Gasteiger partial charge in [-0.1, -0.05) is 23.2 Å². The van der Waals surface area contributed by atoms with Crippen molar-refractivity contribution < 1.29 is 19.6 Å². The molecule has 0 fully saturated rings. The fraction of sp³-hybridized carbons (Fsp3) is 0. The summed E-state index contributed by atoms with van der Waals surface area (Å²) in [6.45, 7) is 0. The standard InChI is InChI=1S/C13H7Cl2NO5/c14-8-4-9(15)6-10(5-8)21-12-3-7(13(17)18)1-2-11(12)16(19)20/h1-6H,(H,17,18). The quantitative estimate of drug-likeness (QED) is 0.664. The molecule has 8 heteroatoms. The van der Waals surface area contributed by atoms with Crippen molar-refractivity contribution in [2.24, 2.45) is 0 Å². The van der Waals surface area contributed by atoms with Crippen molar-refractivity contribution in [1.29, 1.82) is 0 Å². The maximum atomic E-state index is 11.0. The monoisotopic (exact) mass is 327 g/mol. The molecule has 0 aliphatic heterocycles. The van der Waals surface area contributed by atoms with E-state index in [1.165, 1.54) is 18.2 Å². The molecule has 0 radical (unpaired) electrons. The molecule has 1 N–H and O–H groups in total. The van der Waals surface area contributed by atoms with Gasteiger partial charge < -0.3 is 9.84 Å². The highest BCUT2D eigenvalue weighted by Crippen LogP contribution is 2.34. The summed E-state index contributed by atoms with van der Waals surface area (Å²) >= 11 is 11.6. The van der Waals surface area contributed by atoms with Crippen molar-refractivity contribution in [2.45, 2.75) is 0 Å². The van der Waals surface area contributed by atoms with Crippen LogP contribution in [0, 0.1) is 10.1 Å². The Morgan fingerprint density at radius 1 is 1.14 bits per heavy atom. The van der Waals surface area contributed by atoms with Crippen LogP contribution in [0.3, 0.4) is 0 Å². The topological polar surface area (TPSA) is 89.7 Å². The first-order valence-corrected chi connectivity index (χ1v) is 6.28. The van der Waals surface area contributed by atoms with Crippen LogP contribution >= 0.6 is 23.2 Å². The van der Waals surface area contributed by atoms with Crippen molar-refractivity contribution >= 4 is 34.9 Å². The zero-order chi connectivity index (χ0) is 15.6. The molecule has 0 amide bonds. The molecule has 0 saturated heterocycles. The van der Waals surface area contributed by atoms with Crippen LogP contribution in [0.1, 0.15) is 10.4 Å².